The van der Waals surface area contributed by atoms with Gasteiger partial charge in [-0.2, -0.15) is 8.78 Å². The Morgan fingerprint density at radius 1 is 0.957 bits per heavy atom. The molecule has 0 amide bonds. The lowest BCUT2D eigenvalue weighted by atomic mass is 10.1. The second kappa shape index (κ2) is 8.03. The van der Waals surface area contributed by atoms with Gasteiger partial charge in [0.15, 0.2) is 0 Å². The van der Waals surface area contributed by atoms with Gasteiger partial charge < -0.3 is 4.74 Å². The van der Waals surface area contributed by atoms with E-state index in [4.69, 9.17) is 0 Å². The lowest BCUT2D eigenvalue weighted by Gasteiger charge is -2.08. The van der Waals surface area contributed by atoms with E-state index in [2.05, 4.69) is 9.46 Å². The van der Waals surface area contributed by atoms with Crippen molar-refractivity contribution in [3.63, 3.8) is 0 Å². The van der Waals surface area contributed by atoms with Crippen LogP contribution in [0.3, 0.4) is 0 Å². The summed E-state index contributed by atoms with van der Waals surface area (Å²) < 4.78 is 54.7. The van der Waals surface area contributed by atoms with E-state index in [9.17, 15) is 17.2 Å². The minimum absolute atomic E-state index is 0.0744. The standard InChI is InChI=1S/C16H17F2NO3S/c17-16(18)22-15-8-6-13(7-9-15)10-11-19-23(20,21)12-14-4-2-1-3-5-14/h1-9,16,19H,10-12H2. The highest BCUT2D eigenvalue weighted by Crippen LogP contribution is 2.15. The van der Waals surface area contributed by atoms with Gasteiger partial charge >= 0.3 is 6.61 Å². The summed E-state index contributed by atoms with van der Waals surface area (Å²) in [6.45, 7) is -2.62. The molecule has 1 N–H and O–H groups in total. The van der Waals surface area contributed by atoms with Crippen molar-refractivity contribution in [3.05, 3.63) is 65.7 Å². The largest absolute Gasteiger partial charge is 0.435 e. The van der Waals surface area contributed by atoms with Crippen molar-refractivity contribution in [3.8, 4) is 5.75 Å². The van der Waals surface area contributed by atoms with E-state index < -0.39 is 16.6 Å². The van der Waals surface area contributed by atoms with E-state index in [1.165, 1.54) is 12.1 Å². The van der Waals surface area contributed by atoms with Gasteiger partial charge in [-0.3, -0.25) is 0 Å². The zero-order valence-corrected chi connectivity index (χ0v) is 13.1. The molecule has 0 radical (unpaired) electrons. The van der Waals surface area contributed by atoms with Crippen LogP contribution in [-0.4, -0.2) is 21.6 Å². The molecular formula is C16H17F2NO3S. The monoisotopic (exact) mass is 341 g/mol. The summed E-state index contributed by atoms with van der Waals surface area (Å²) in [5.74, 6) is 0.00283. The van der Waals surface area contributed by atoms with Gasteiger partial charge in [-0.25, -0.2) is 13.1 Å². The van der Waals surface area contributed by atoms with Gasteiger partial charge in [0.1, 0.15) is 5.75 Å². The van der Waals surface area contributed by atoms with Crippen molar-refractivity contribution < 1.29 is 21.9 Å². The summed E-state index contributed by atoms with van der Waals surface area (Å²) in [7, 11) is -3.40. The van der Waals surface area contributed by atoms with Crippen molar-refractivity contribution in [2.75, 3.05) is 6.54 Å². The number of alkyl halides is 2. The SMILES string of the molecule is O=S(=O)(Cc1ccccc1)NCCc1ccc(OC(F)F)cc1. The first-order valence-corrected chi connectivity index (χ1v) is 8.65. The molecular weight excluding hydrogens is 324 g/mol. The lowest BCUT2D eigenvalue weighted by molar-refractivity contribution is -0.0498. The predicted octanol–water partition coefficient (Wildman–Crippen LogP) is 2.95. The molecule has 0 saturated heterocycles. The first-order chi connectivity index (χ1) is 10.9. The Balaban J connectivity index is 1.82. The molecule has 23 heavy (non-hydrogen) atoms. The van der Waals surface area contributed by atoms with Crippen LogP contribution >= 0.6 is 0 Å². The summed E-state index contributed by atoms with van der Waals surface area (Å²) in [5.41, 5.74) is 1.54. The Bertz CT molecular complexity index is 704. The number of sulfonamides is 1. The van der Waals surface area contributed by atoms with E-state index in [0.717, 1.165) is 5.56 Å². The molecule has 0 aliphatic carbocycles. The Kier molecular flexibility index (Phi) is 6.06. The minimum atomic E-state index is -3.40. The second-order valence-electron chi connectivity index (χ2n) is 4.91. The molecule has 0 unspecified atom stereocenters. The fraction of sp³-hybridized carbons (Fsp3) is 0.250. The lowest BCUT2D eigenvalue weighted by Crippen LogP contribution is -2.27. The quantitative estimate of drug-likeness (QED) is 0.803. The van der Waals surface area contributed by atoms with Gasteiger partial charge in [0.2, 0.25) is 10.0 Å². The zero-order chi connectivity index (χ0) is 16.7. The third kappa shape index (κ3) is 6.33. The molecule has 2 aromatic carbocycles. The highest BCUT2D eigenvalue weighted by Gasteiger charge is 2.10. The van der Waals surface area contributed by atoms with E-state index in [0.29, 0.717) is 12.0 Å². The van der Waals surface area contributed by atoms with Gasteiger partial charge in [-0.1, -0.05) is 42.5 Å². The zero-order valence-electron chi connectivity index (χ0n) is 12.3. The molecule has 2 rings (SSSR count). The highest BCUT2D eigenvalue weighted by atomic mass is 32.2. The molecule has 0 saturated carbocycles. The molecule has 4 nitrogen and oxygen atoms in total. The van der Waals surface area contributed by atoms with Crippen LogP contribution in [0.4, 0.5) is 8.78 Å². The summed E-state index contributed by atoms with van der Waals surface area (Å²) >= 11 is 0. The third-order valence-corrected chi connectivity index (χ3v) is 4.44. The minimum Gasteiger partial charge on any atom is -0.435 e. The first-order valence-electron chi connectivity index (χ1n) is 7.00. The molecule has 0 aromatic heterocycles. The number of rotatable bonds is 8. The number of benzene rings is 2. The number of hydrogen-bond donors (Lipinski definition) is 1. The number of hydrogen-bond acceptors (Lipinski definition) is 3. The number of nitrogens with one attached hydrogen (secondary N) is 1. The van der Waals surface area contributed by atoms with Crippen molar-refractivity contribution in [1.82, 2.24) is 4.72 Å². The fourth-order valence-electron chi connectivity index (χ4n) is 2.03. The van der Waals surface area contributed by atoms with E-state index in [1.54, 1.807) is 36.4 Å². The van der Waals surface area contributed by atoms with Crippen molar-refractivity contribution in [2.24, 2.45) is 0 Å². The maximum Gasteiger partial charge on any atom is 0.387 e. The van der Waals surface area contributed by atoms with Crippen molar-refractivity contribution in [2.45, 2.75) is 18.8 Å². The van der Waals surface area contributed by atoms with E-state index in [-0.39, 0.29) is 18.0 Å². The van der Waals surface area contributed by atoms with Crippen LogP contribution < -0.4 is 9.46 Å². The second-order valence-corrected chi connectivity index (χ2v) is 6.72. The van der Waals surface area contributed by atoms with Gasteiger partial charge in [0.25, 0.3) is 0 Å². The summed E-state index contributed by atoms with van der Waals surface area (Å²) in [6.07, 6.45) is 0.461. The van der Waals surface area contributed by atoms with Crippen molar-refractivity contribution >= 4 is 10.0 Å². The Morgan fingerprint density at radius 2 is 1.61 bits per heavy atom. The van der Waals surface area contributed by atoms with Gasteiger partial charge in [-0.15, -0.1) is 0 Å². The maximum absolute atomic E-state index is 12.0. The van der Waals surface area contributed by atoms with Crippen molar-refractivity contribution in [1.29, 1.82) is 0 Å². The average molecular weight is 341 g/mol. The summed E-state index contributed by atoms with van der Waals surface area (Å²) in [6, 6.07) is 15.0. The number of ether oxygens (including phenoxy) is 1. The van der Waals surface area contributed by atoms with Crippen LogP contribution in [0.15, 0.2) is 54.6 Å². The smallest absolute Gasteiger partial charge is 0.387 e. The normalized spacial score (nSPS) is 11.6. The highest BCUT2D eigenvalue weighted by molar-refractivity contribution is 7.88. The molecule has 0 bridgehead atoms. The molecule has 0 heterocycles. The molecule has 0 fully saturated rings. The van der Waals surface area contributed by atoms with Crippen LogP contribution in [0, 0.1) is 0 Å². The predicted molar refractivity (Wildman–Crippen MR) is 83.8 cm³/mol. The average Bonchev–Trinajstić information content (AvgIpc) is 2.49. The summed E-state index contributed by atoms with van der Waals surface area (Å²) in [5, 5.41) is 0. The van der Waals surface area contributed by atoms with Crippen LogP contribution in [0.25, 0.3) is 0 Å². The maximum atomic E-state index is 12.0. The van der Waals surface area contributed by atoms with Crippen LogP contribution in [0.1, 0.15) is 11.1 Å². The molecule has 0 spiro atoms. The Morgan fingerprint density at radius 3 is 2.22 bits per heavy atom. The molecule has 0 aliphatic rings. The van der Waals surface area contributed by atoms with E-state index in [1.807, 2.05) is 6.07 Å². The number of halogens is 2. The molecule has 124 valence electrons. The topological polar surface area (TPSA) is 55.4 Å². The molecule has 0 aliphatic heterocycles. The van der Waals surface area contributed by atoms with Gasteiger partial charge in [-0.05, 0) is 29.7 Å². The van der Waals surface area contributed by atoms with Crippen LogP contribution in [-0.2, 0) is 22.2 Å². The van der Waals surface area contributed by atoms with Crippen LogP contribution in [0.2, 0.25) is 0 Å². The molecule has 0 atom stereocenters. The Labute approximate surface area is 134 Å². The summed E-state index contributed by atoms with van der Waals surface area (Å²) in [4.78, 5) is 0. The molecule has 7 heteroatoms. The van der Waals surface area contributed by atoms with Gasteiger partial charge in [0.05, 0.1) is 5.75 Å². The van der Waals surface area contributed by atoms with Gasteiger partial charge in [0, 0.05) is 6.54 Å². The molecule has 2 aromatic rings. The third-order valence-electron chi connectivity index (χ3n) is 3.08. The fourth-order valence-corrected chi connectivity index (χ4v) is 3.18. The van der Waals surface area contributed by atoms with Crippen LogP contribution in [0.5, 0.6) is 5.75 Å². The first kappa shape index (κ1) is 17.4. The Hall–Kier alpha value is -1.99. The van der Waals surface area contributed by atoms with E-state index >= 15 is 0 Å².